The Hall–Kier alpha value is -1.58. The van der Waals surface area contributed by atoms with Gasteiger partial charge in [-0.15, -0.1) is 0 Å². The molecule has 6 nitrogen and oxygen atoms in total. The van der Waals surface area contributed by atoms with Crippen LogP contribution in [-0.4, -0.2) is 45.7 Å². The molecule has 118 valence electrons. The van der Waals surface area contributed by atoms with Gasteiger partial charge in [-0.3, -0.25) is 4.79 Å². The first-order valence-electron chi connectivity index (χ1n) is 5.97. The van der Waals surface area contributed by atoms with E-state index >= 15 is 0 Å². The zero-order valence-corrected chi connectivity index (χ0v) is 11.8. The summed E-state index contributed by atoms with van der Waals surface area (Å²) in [5, 5.41) is 8.60. The van der Waals surface area contributed by atoms with Gasteiger partial charge in [0.2, 0.25) is 10.0 Å². The minimum atomic E-state index is -3.77. The fraction of sp³-hybridized carbons (Fsp3) is 0.417. The van der Waals surface area contributed by atoms with Crippen molar-refractivity contribution >= 4 is 16.0 Å². The van der Waals surface area contributed by atoms with E-state index in [-0.39, 0.29) is 24.5 Å². The first-order valence-corrected chi connectivity index (χ1v) is 7.46. The first kappa shape index (κ1) is 17.5. The molecule has 0 aromatic heterocycles. The molecule has 0 aliphatic heterocycles. The van der Waals surface area contributed by atoms with Crippen molar-refractivity contribution in [3.63, 3.8) is 0 Å². The number of rotatable bonds is 9. The largest absolute Gasteiger partial charge is 0.481 e. The standard InChI is InChI=1S/C12H15F2NO5S/c13-11(14)8-20-6-5-15-21(18,19)10-3-1-9(2-4-10)7-12(16)17/h1-4,11,15H,5-8H2,(H,16,17). The molecule has 0 saturated carbocycles. The van der Waals surface area contributed by atoms with Crippen LogP contribution in [0, 0.1) is 0 Å². The first-order chi connectivity index (χ1) is 9.81. The van der Waals surface area contributed by atoms with Gasteiger partial charge in [-0.1, -0.05) is 12.1 Å². The highest BCUT2D eigenvalue weighted by Gasteiger charge is 2.13. The lowest BCUT2D eigenvalue weighted by atomic mass is 10.2. The summed E-state index contributed by atoms with van der Waals surface area (Å²) in [5.41, 5.74) is 0.474. The van der Waals surface area contributed by atoms with Crippen LogP contribution in [0.1, 0.15) is 5.56 Å². The van der Waals surface area contributed by atoms with E-state index in [0.29, 0.717) is 5.56 Å². The molecule has 1 rings (SSSR count). The second-order valence-corrected chi connectivity index (χ2v) is 5.85. The van der Waals surface area contributed by atoms with Crippen LogP contribution in [-0.2, 0) is 26.0 Å². The lowest BCUT2D eigenvalue weighted by Gasteiger charge is -2.08. The van der Waals surface area contributed by atoms with Crippen molar-refractivity contribution < 1.29 is 31.8 Å². The van der Waals surface area contributed by atoms with Crippen molar-refractivity contribution in [3.8, 4) is 0 Å². The second-order valence-electron chi connectivity index (χ2n) is 4.08. The molecule has 0 aliphatic rings. The third-order valence-corrected chi connectivity index (χ3v) is 3.85. The summed E-state index contributed by atoms with van der Waals surface area (Å²) >= 11 is 0. The van der Waals surface area contributed by atoms with E-state index in [9.17, 15) is 22.0 Å². The maximum Gasteiger partial charge on any atom is 0.307 e. The Kier molecular flexibility index (Phi) is 6.66. The minimum absolute atomic E-state index is 0.0366. The van der Waals surface area contributed by atoms with Crippen LogP contribution in [0.15, 0.2) is 29.2 Å². The highest BCUT2D eigenvalue weighted by molar-refractivity contribution is 7.89. The molecule has 1 aromatic rings. The zero-order valence-electron chi connectivity index (χ0n) is 11.0. The average Bonchev–Trinajstić information content (AvgIpc) is 2.37. The van der Waals surface area contributed by atoms with Crippen molar-refractivity contribution in [1.82, 2.24) is 4.72 Å². The normalized spacial score (nSPS) is 11.8. The fourth-order valence-electron chi connectivity index (χ4n) is 1.47. The number of ether oxygens (including phenoxy) is 1. The minimum Gasteiger partial charge on any atom is -0.481 e. The summed E-state index contributed by atoms with van der Waals surface area (Å²) in [6, 6.07) is 5.35. The summed E-state index contributed by atoms with van der Waals surface area (Å²) in [4.78, 5) is 10.5. The number of carboxylic acid groups (broad SMARTS) is 1. The lowest BCUT2D eigenvalue weighted by Crippen LogP contribution is -2.28. The van der Waals surface area contributed by atoms with E-state index in [4.69, 9.17) is 5.11 Å². The van der Waals surface area contributed by atoms with Gasteiger partial charge in [-0.25, -0.2) is 21.9 Å². The molecule has 0 radical (unpaired) electrons. The van der Waals surface area contributed by atoms with Gasteiger partial charge < -0.3 is 9.84 Å². The number of hydrogen-bond donors (Lipinski definition) is 2. The van der Waals surface area contributed by atoms with E-state index in [1.54, 1.807) is 0 Å². The molecule has 1 aromatic carbocycles. The molecule has 0 aliphatic carbocycles. The van der Waals surface area contributed by atoms with Gasteiger partial charge in [0.1, 0.15) is 6.61 Å². The molecule has 0 atom stereocenters. The van der Waals surface area contributed by atoms with Crippen molar-refractivity contribution in [2.75, 3.05) is 19.8 Å². The number of carboxylic acids is 1. The number of hydrogen-bond acceptors (Lipinski definition) is 4. The maximum absolute atomic E-state index is 11.8. The monoisotopic (exact) mass is 323 g/mol. The van der Waals surface area contributed by atoms with Crippen LogP contribution >= 0.6 is 0 Å². The van der Waals surface area contributed by atoms with Crippen LogP contribution in [0.3, 0.4) is 0 Å². The highest BCUT2D eigenvalue weighted by Crippen LogP contribution is 2.10. The summed E-state index contributed by atoms with van der Waals surface area (Å²) in [6.07, 6.45) is -2.79. The van der Waals surface area contributed by atoms with Crippen molar-refractivity contribution in [1.29, 1.82) is 0 Å². The maximum atomic E-state index is 11.8. The number of benzene rings is 1. The van der Waals surface area contributed by atoms with Crippen molar-refractivity contribution in [2.45, 2.75) is 17.7 Å². The number of nitrogens with one attached hydrogen (secondary N) is 1. The molecule has 0 saturated heterocycles. The molecular formula is C12H15F2NO5S. The van der Waals surface area contributed by atoms with Gasteiger partial charge >= 0.3 is 5.97 Å². The van der Waals surface area contributed by atoms with Crippen LogP contribution < -0.4 is 4.72 Å². The van der Waals surface area contributed by atoms with Crippen LogP contribution in [0.5, 0.6) is 0 Å². The molecule has 0 bridgehead atoms. The summed E-state index contributed by atoms with van der Waals surface area (Å²) in [5.74, 6) is -1.01. The highest BCUT2D eigenvalue weighted by atomic mass is 32.2. The van der Waals surface area contributed by atoms with E-state index in [1.807, 2.05) is 0 Å². The van der Waals surface area contributed by atoms with Crippen molar-refractivity contribution in [2.24, 2.45) is 0 Å². The Morgan fingerprint density at radius 3 is 2.43 bits per heavy atom. The summed E-state index contributed by atoms with van der Waals surface area (Å²) in [6.45, 7) is -1.04. The number of sulfonamides is 1. The molecule has 0 amide bonds. The zero-order chi connectivity index (χ0) is 15.9. The Balaban J connectivity index is 2.52. The third kappa shape index (κ3) is 6.61. The number of carbonyl (C=O) groups is 1. The molecule has 0 spiro atoms. The topological polar surface area (TPSA) is 92.7 Å². The second kappa shape index (κ2) is 8.01. The molecule has 0 unspecified atom stereocenters. The molecule has 21 heavy (non-hydrogen) atoms. The molecule has 0 heterocycles. The number of aliphatic carboxylic acids is 1. The van der Waals surface area contributed by atoms with E-state index < -0.39 is 29.0 Å². The van der Waals surface area contributed by atoms with Gasteiger partial charge in [0.05, 0.1) is 17.9 Å². The summed E-state index contributed by atoms with van der Waals surface area (Å²) < 4.78 is 54.0. The predicted molar refractivity (Wildman–Crippen MR) is 69.8 cm³/mol. The van der Waals surface area contributed by atoms with E-state index in [0.717, 1.165) is 0 Å². The van der Waals surface area contributed by atoms with Gasteiger partial charge in [0.25, 0.3) is 6.43 Å². The Labute approximate surface area is 120 Å². The SMILES string of the molecule is O=C(O)Cc1ccc(S(=O)(=O)NCCOCC(F)F)cc1. The van der Waals surface area contributed by atoms with E-state index in [2.05, 4.69) is 9.46 Å². The quantitative estimate of drug-likeness (QED) is 0.658. The average molecular weight is 323 g/mol. The Morgan fingerprint density at radius 1 is 1.29 bits per heavy atom. The van der Waals surface area contributed by atoms with E-state index in [1.165, 1.54) is 24.3 Å². The predicted octanol–water partition coefficient (Wildman–Crippen LogP) is 0.874. The van der Waals surface area contributed by atoms with Crippen LogP contribution in [0.4, 0.5) is 8.78 Å². The van der Waals surface area contributed by atoms with Gasteiger partial charge in [0, 0.05) is 6.54 Å². The van der Waals surface area contributed by atoms with Crippen LogP contribution in [0.2, 0.25) is 0 Å². The fourth-order valence-corrected chi connectivity index (χ4v) is 2.48. The lowest BCUT2D eigenvalue weighted by molar-refractivity contribution is -0.136. The Bertz CT molecular complexity index is 560. The number of alkyl halides is 2. The van der Waals surface area contributed by atoms with Crippen LogP contribution in [0.25, 0.3) is 0 Å². The van der Waals surface area contributed by atoms with Gasteiger partial charge in [-0.2, -0.15) is 0 Å². The van der Waals surface area contributed by atoms with Crippen molar-refractivity contribution in [3.05, 3.63) is 29.8 Å². The molecular weight excluding hydrogens is 308 g/mol. The number of halogens is 2. The van der Waals surface area contributed by atoms with Gasteiger partial charge in [-0.05, 0) is 17.7 Å². The summed E-state index contributed by atoms with van der Waals surface area (Å²) in [7, 11) is -3.77. The Morgan fingerprint density at radius 2 is 1.90 bits per heavy atom. The third-order valence-electron chi connectivity index (χ3n) is 2.37. The van der Waals surface area contributed by atoms with Gasteiger partial charge in [0.15, 0.2) is 0 Å². The molecule has 0 fully saturated rings. The smallest absolute Gasteiger partial charge is 0.307 e. The molecule has 2 N–H and O–H groups in total. The molecule has 9 heteroatoms.